The average molecular weight is 303 g/mol. The fraction of sp³-hybridized carbons (Fsp3) is 0.308. The van der Waals surface area contributed by atoms with Gasteiger partial charge in [0.2, 0.25) is 5.91 Å². The summed E-state index contributed by atoms with van der Waals surface area (Å²) in [5.41, 5.74) is 0.618. The minimum Gasteiger partial charge on any atom is -0.361 e. The largest absolute Gasteiger partial charge is 0.414 e. The van der Waals surface area contributed by atoms with Crippen LogP contribution in [0.4, 0.5) is 18.9 Å². The predicted octanol–water partition coefficient (Wildman–Crippen LogP) is 3.31. The van der Waals surface area contributed by atoms with Gasteiger partial charge in [0.1, 0.15) is 6.04 Å². The lowest BCUT2D eigenvalue weighted by Gasteiger charge is -2.20. The number of rotatable bonds is 0. The van der Waals surface area contributed by atoms with E-state index in [-0.39, 0.29) is 13.0 Å². The molecule has 0 fully saturated rings. The van der Waals surface area contributed by atoms with Gasteiger partial charge in [-0.25, -0.2) is 0 Å². The minimum absolute atomic E-state index is 0.221. The molecule has 0 bridgehead atoms. The number of fused-ring (bicyclic) bond motifs is 2. The van der Waals surface area contributed by atoms with E-state index in [0.717, 1.165) is 6.20 Å². The van der Waals surface area contributed by atoms with Crippen LogP contribution < -0.4 is 5.32 Å². The van der Waals surface area contributed by atoms with Crippen molar-refractivity contribution in [3.05, 3.63) is 40.6 Å². The summed E-state index contributed by atoms with van der Waals surface area (Å²) in [6.45, 7) is 0.221. The van der Waals surface area contributed by atoms with Crippen molar-refractivity contribution >= 4 is 23.2 Å². The number of hydrogen-bond donors (Lipinski definition) is 1. The Hall–Kier alpha value is -1.69. The topological polar surface area (TPSA) is 32.3 Å². The van der Waals surface area contributed by atoms with Crippen molar-refractivity contribution in [3.8, 4) is 0 Å². The molecule has 106 valence electrons. The number of hydrogen-bond acceptors (Lipinski definition) is 2. The zero-order chi connectivity index (χ0) is 14.5. The zero-order valence-electron chi connectivity index (χ0n) is 10.2. The van der Waals surface area contributed by atoms with Crippen molar-refractivity contribution in [1.82, 2.24) is 4.90 Å². The molecule has 0 aromatic heterocycles. The average Bonchev–Trinajstić information content (AvgIpc) is 2.71. The molecule has 1 aromatic rings. The van der Waals surface area contributed by atoms with E-state index < -0.39 is 23.7 Å². The number of halogens is 4. The number of alkyl halides is 3. The van der Waals surface area contributed by atoms with Crippen LogP contribution in [0.25, 0.3) is 0 Å². The Morgan fingerprint density at radius 2 is 2.10 bits per heavy atom. The first-order valence-electron chi connectivity index (χ1n) is 5.97. The van der Waals surface area contributed by atoms with E-state index in [4.69, 9.17) is 11.6 Å². The smallest absolute Gasteiger partial charge is 0.361 e. The van der Waals surface area contributed by atoms with Gasteiger partial charge in [0.05, 0.1) is 5.57 Å². The molecule has 2 aliphatic heterocycles. The SMILES string of the molecule is O=C1Nc2ccc(Cl)cc2CN2C=C(C(F)(F)F)CC12. The van der Waals surface area contributed by atoms with Crippen LogP contribution in [0.2, 0.25) is 5.02 Å². The minimum atomic E-state index is -4.40. The summed E-state index contributed by atoms with van der Waals surface area (Å²) >= 11 is 5.88. The molecular weight excluding hydrogens is 293 g/mol. The summed E-state index contributed by atoms with van der Waals surface area (Å²) in [5.74, 6) is -0.429. The van der Waals surface area contributed by atoms with Crippen molar-refractivity contribution < 1.29 is 18.0 Å². The first-order valence-corrected chi connectivity index (χ1v) is 6.35. The fourth-order valence-electron chi connectivity index (χ4n) is 2.48. The van der Waals surface area contributed by atoms with E-state index in [1.807, 2.05) is 0 Å². The van der Waals surface area contributed by atoms with Gasteiger partial charge >= 0.3 is 6.18 Å². The molecule has 2 aliphatic rings. The molecule has 1 N–H and O–H groups in total. The molecule has 1 unspecified atom stereocenters. The molecule has 0 aliphatic carbocycles. The number of carbonyl (C=O) groups excluding carboxylic acids is 1. The molecule has 0 spiro atoms. The third-order valence-electron chi connectivity index (χ3n) is 3.48. The van der Waals surface area contributed by atoms with Crippen LogP contribution in [-0.2, 0) is 11.3 Å². The number of benzene rings is 1. The van der Waals surface area contributed by atoms with Gasteiger partial charge in [0, 0.05) is 29.9 Å². The Bertz CT molecular complexity index is 612. The maximum atomic E-state index is 12.7. The summed E-state index contributed by atoms with van der Waals surface area (Å²) in [6.07, 6.45) is -3.69. The Kier molecular flexibility index (Phi) is 2.93. The maximum Gasteiger partial charge on any atom is 0.414 e. The molecule has 2 heterocycles. The molecule has 3 rings (SSSR count). The number of nitrogens with one attached hydrogen (secondary N) is 1. The highest BCUT2D eigenvalue weighted by Gasteiger charge is 2.43. The fourth-order valence-corrected chi connectivity index (χ4v) is 2.68. The molecule has 0 saturated carbocycles. The highest BCUT2D eigenvalue weighted by atomic mass is 35.5. The van der Waals surface area contributed by atoms with Crippen LogP contribution in [-0.4, -0.2) is 23.0 Å². The van der Waals surface area contributed by atoms with Gasteiger partial charge in [0.25, 0.3) is 0 Å². The third kappa shape index (κ3) is 2.24. The summed E-state index contributed by atoms with van der Waals surface area (Å²) in [5, 5.41) is 3.14. The molecule has 0 radical (unpaired) electrons. The number of anilines is 1. The number of carbonyl (C=O) groups is 1. The lowest BCUT2D eigenvalue weighted by Crippen LogP contribution is -2.35. The Labute approximate surface area is 118 Å². The lowest BCUT2D eigenvalue weighted by atomic mass is 10.1. The molecule has 0 saturated heterocycles. The highest BCUT2D eigenvalue weighted by molar-refractivity contribution is 6.30. The van der Waals surface area contributed by atoms with E-state index in [1.165, 1.54) is 4.90 Å². The van der Waals surface area contributed by atoms with Gasteiger partial charge in [-0.1, -0.05) is 11.6 Å². The molecular formula is C13H10ClF3N2O. The van der Waals surface area contributed by atoms with Crippen LogP contribution >= 0.6 is 11.6 Å². The van der Waals surface area contributed by atoms with E-state index >= 15 is 0 Å². The van der Waals surface area contributed by atoms with Crippen LogP contribution in [0, 0.1) is 0 Å². The van der Waals surface area contributed by atoms with Crippen LogP contribution in [0.3, 0.4) is 0 Å². The summed E-state index contributed by atoms with van der Waals surface area (Å²) in [7, 11) is 0. The molecule has 1 aromatic carbocycles. The quantitative estimate of drug-likeness (QED) is 0.797. The van der Waals surface area contributed by atoms with Crippen molar-refractivity contribution in [2.45, 2.75) is 25.2 Å². The molecule has 1 atom stereocenters. The highest BCUT2D eigenvalue weighted by Crippen LogP contribution is 2.38. The number of amides is 1. The van der Waals surface area contributed by atoms with E-state index in [2.05, 4.69) is 5.32 Å². The van der Waals surface area contributed by atoms with E-state index in [1.54, 1.807) is 18.2 Å². The molecule has 3 nitrogen and oxygen atoms in total. The van der Waals surface area contributed by atoms with Gasteiger partial charge < -0.3 is 10.2 Å². The van der Waals surface area contributed by atoms with Crippen molar-refractivity contribution in [2.24, 2.45) is 0 Å². The first kappa shape index (κ1) is 13.3. The summed E-state index contributed by atoms with van der Waals surface area (Å²) < 4.78 is 38.2. The zero-order valence-corrected chi connectivity index (χ0v) is 10.9. The Morgan fingerprint density at radius 3 is 2.80 bits per heavy atom. The van der Waals surface area contributed by atoms with Gasteiger partial charge in [-0.2, -0.15) is 13.2 Å². The lowest BCUT2D eigenvalue weighted by molar-refractivity contribution is -0.120. The second-order valence-electron chi connectivity index (χ2n) is 4.84. The van der Waals surface area contributed by atoms with E-state index in [9.17, 15) is 18.0 Å². The standard InChI is InChI=1S/C13H10ClF3N2O/c14-9-1-2-10-7(3-9)5-19-6-8(13(15,16)17)4-11(19)12(20)18-10/h1-3,6,11H,4-5H2,(H,18,20). The summed E-state index contributed by atoms with van der Waals surface area (Å²) in [6, 6.07) is 4.12. The van der Waals surface area contributed by atoms with Gasteiger partial charge in [-0.3, -0.25) is 4.79 Å². The molecule has 7 heteroatoms. The number of nitrogens with zero attached hydrogens (tertiary/aromatic N) is 1. The van der Waals surface area contributed by atoms with E-state index in [0.29, 0.717) is 16.3 Å². The maximum absolute atomic E-state index is 12.7. The second kappa shape index (κ2) is 4.41. The predicted molar refractivity (Wildman–Crippen MR) is 68.2 cm³/mol. The van der Waals surface area contributed by atoms with Crippen molar-refractivity contribution in [2.75, 3.05) is 5.32 Å². The van der Waals surface area contributed by atoms with Gasteiger partial charge in [-0.05, 0) is 23.8 Å². The molecule has 20 heavy (non-hydrogen) atoms. The molecule has 1 amide bonds. The van der Waals surface area contributed by atoms with Gasteiger partial charge in [-0.15, -0.1) is 0 Å². The summed E-state index contributed by atoms with van der Waals surface area (Å²) in [4.78, 5) is 13.4. The normalized spacial score (nSPS) is 21.8. The van der Waals surface area contributed by atoms with Gasteiger partial charge in [0.15, 0.2) is 0 Å². The monoisotopic (exact) mass is 302 g/mol. The van der Waals surface area contributed by atoms with Crippen LogP contribution in [0.1, 0.15) is 12.0 Å². The third-order valence-corrected chi connectivity index (χ3v) is 3.72. The first-order chi connectivity index (χ1) is 9.34. The van der Waals surface area contributed by atoms with Crippen LogP contribution in [0.15, 0.2) is 30.0 Å². The Morgan fingerprint density at radius 1 is 1.35 bits per heavy atom. The van der Waals surface area contributed by atoms with Crippen molar-refractivity contribution in [3.63, 3.8) is 0 Å². The van der Waals surface area contributed by atoms with Crippen molar-refractivity contribution in [1.29, 1.82) is 0 Å². The van der Waals surface area contributed by atoms with Crippen LogP contribution in [0.5, 0.6) is 0 Å². The Balaban J connectivity index is 1.98. The second-order valence-corrected chi connectivity index (χ2v) is 5.27.